The normalized spacial score (nSPS) is 10.3. The number of rotatable bonds is 2. The fraction of sp³-hybridized carbons (Fsp3) is 0.143. The predicted octanol–water partition coefficient (Wildman–Crippen LogP) is 2.67. The fourth-order valence-corrected chi connectivity index (χ4v) is 1.64. The van der Waals surface area contributed by atoms with Gasteiger partial charge in [-0.25, -0.2) is 4.39 Å². The van der Waals surface area contributed by atoms with E-state index in [2.05, 4.69) is 10.3 Å². The van der Waals surface area contributed by atoms with Crippen LogP contribution in [0, 0.1) is 19.7 Å². The molecule has 0 aliphatic carbocycles. The molecule has 0 spiro atoms. The van der Waals surface area contributed by atoms with E-state index in [-0.39, 0.29) is 11.4 Å². The van der Waals surface area contributed by atoms with Gasteiger partial charge in [0.2, 0.25) is 0 Å². The average Bonchev–Trinajstić information content (AvgIpc) is 2.33. The quantitative estimate of drug-likeness (QED) is 0.871. The molecule has 3 N–H and O–H groups in total. The number of hydrogen-bond donors (Lipinski definition) is 2. The minimum Gasteiger partial charge on any atom is -0.398 e. The highest BCUT2D eigenvalue weighted by Gasteiger charge is 2.11. The molecule has 0 bridgehead atoms. The lowest BCUT2D eigenvalue weighted by Crippen LogP contribution is -2.14. The van der Waals surface area contributed by atoms with Crippen molar-refractivity contribution < 1.29 is 9.18 Å². The van der Waals surface area contributed by atoms with Crippen molar-refractivity contribution in [3.05, 3.63) is 53.1 Å². The highest BCUT2D eigenvalue weighted by atomic mass is 19.1. The summed E-state index contributed by atoms with van der Waals surface area (Å²) < 4.78 is 13.4. The Labute approximate surface area is 110 Å². The molecule has 98 valence electrons. The zero-order chi connectivity index (χ0) is 14.0. The van der Waals surface area contributed by atoms with E-state index in [1.54, 1.807) is 32.0 Å². The maximum atomic E-state index is 13.4. The Balaban J connectivity index is 2.23. The van der Waals surface area contributed by atoms with Crippen molar-refractivity contribution in [2.75, 3.05) is 11.1 Å². The minimum absolute atomic E-state index is 0.270. The van der Waals surface area contributed by atoms with Crippen LogP contribution in [0.1, 0.15) is 21.6 Å². The number of pyridine rings is 1. The second kappa shape index (κ2) is 5.06. The third kappa shape index (κ3) is 2.88. The number of amides is 1. The van der Waals surface area contributed by atoms with E-state index in [1.807, 2.05) is 0 Å². The SMILES string of the molecule is Cc1cc(N)c(C(=O)Nc2ccc(C)c(F)c2)cn1. The van der Waals surface area contributed by atoms with Gasteiger partial charge in [0.15, 0.2) is 0 Å². The maximum absolute atomic E-state index is 13.4. The molecule has 1 heterocycles. The molecule has 0 aliphatic heterocycles. The molecule has 0 saturated heterocycles. The monoisotopic (exact) mass is 259 g/mol. The molecule has 0 fully saturated rings. The van der Waals surface area contributed by atoms with Gasteiger partial charge in [0.1, 0.15) is 5.82 Å². The molecule has 2 aromatic rings. The van der Waals surface area contributed by atoms with Crippen molar-refractivity contribution in [2.24, 2.45) is 0 Å². The molecule has 5 heteroatoms. The summed E-state index contributed by atoms with van der Waals surface area (Å²) in [5.41, 5.74) is 8.01. The van der Waals surface area contributed by atoms with Gasteiger partial charge in [0.25, 0.3) is 5.91 Å². The van der Waals surface area contributed by atoms with Crippen molar-refractivity contribution in [3.63, 3.8) is 0 Å². The topological polar surface area (TPSA) is 68.0 Å². The lowest BCUT2D eigenvalue weighted by molar-refractivity contribution is 0.102. The summed E-state index contributed by atoms with van der Waals surface area (Å²) in [6, 6.07) is 6.12. The maximum Gasteiger partial charge on any atom is 0.259 e. The van der Waals surface area contributed by atoms with Crippen LogP contribution in [0.25, 0.3) is 0 Å². The molecule has 4 nitrogen and oxygen atoms in total. The molecule has 0 atom stereocenters. The first kappa shape index (κ1) is 13.0. The van der Waals surface area contributed by atoms with E-state index >= 15 is 0 Å². The number of nitrogens with two attached hydrogens (primary N) is 1. The number of nitrogen functional groups attached to an aromatic ring is 1. The van der Waals surface area contributed by atoms with Gasteiger partial charge in [-0.2, -0.15) is 0 Å². The molecule has 1 aromatic carbocycles. The van der Waals surface area contributed by atoms with E-state index in [4.69, 9.17) is 5.73 Å². The molecule has 19 heavy (non-hydrogen) atoms. The van der Waals surface area contributed by atoms with Crippen LogP contribution in [0.4, 0.5) is 15.8 Å². The third-order valence-corrected chi connectivity index (χ3v) is 2.75. The lowest BCUT2D eigenvalue weighted by Gasteiger charge is -2.08. The zero-order valence-corrected chi connectivity index (χ0v) is 10.7. The van der Waals surface area contributed by atoms with Gasteiger partial charge < -0.3 is 11.1 Å². The molecule has 0 radical (unpaired) electrons. The average molecular weight is 259 g/mol. The van der Waals surface area contributed by atoms with Crippen LogP contribution in [-0.2, 0) is 0 Å². The molecule has 0 aliphatic rings. The van der Waals surface area contributed by atoms with Crippen molar-refractivity contribution in [2.45, 2.75) is 13.8 Å². The van der Waals surface area contributed by atoms with Gasteiger partial charge in [-0.15, -0.1) is 0 Å². The standard InChI is InChI=1S/C14H14FN3O/c1-8-3-4-10(6-12(8)15)18-14(19)11-7-17-9(2)5-13(11)16/h3-7H,1-2H3,(H2,16,17)(H,18,19). The number of halogens is 1. The second-order valence-corrected chi connectivity index (χ2v) is 4.33. The third-order valence-electron chi connectivity index (χ3n) is 2.75. The first-order valence-corrected chi connectivity index (χ1v) is 5.77. The van der Waals surface area contributed by atoms with E-state index in [0.717, 1.165) is 5.69 Å². The van der Waals surface area contributed by atoms with Gasteiger partial charge >= 0.3 is 0 Å². The summed E-state index contributed by atoms with van der Waals surface area (Å²) in [5.74, 6) is -0.777. The van der Waals surface area contributed by atoms with Gasteiger partial charge in [-0.05, 0) is 37.6 Å². The smallest absolute Gasteiger partial charge is 0.259 e. The lowest BCUT2D eigenvalue weighted by atomic mass is 10.2. The number of hydrogen-bond acceptors (Lipinski definition) is 3. The fourth-order valence-electron chi connectivity index (χ4n) is 1.64. The molecule has 1 aromatic heterocycles. The highest BCUT2D eigenvalue weighted by molar-refractivity contribution is 6.07. The van der Waals surface area contributed by atoms with Gasteiger partial charge in [-0.1, -0.05) is 6.07 Å². The summed E-state index contributed by atoms with van der Waals surface area (Å²) in [6.07, 6.45) is 1.41. The van der Waals surface area contributed by atoms with Crippen molar-refractivity contribution in [1.29, 1.82) is 0 Å². The molecule has 1 amide bonds. The van der Waals surface area contributed by atoms with Crippen LogP contribution in [0.3, 0.4) is 0 Å². The minimum atomic E-state index is -0.409. The number of aryl methyl sites for hydroxylation is 2. The number of benzene rings is 1. The molecule has 2 rings (SSSR count). The number of aromatic nitrogens is 1. The van der Waals surface area contributed by atoms with Crippen LogP contribution >= 0.6 is 0 Å². The molecule has 0 unspecified atom stereocenters. The van der Waals surface area contributed by atoms with Crippen LogP contribution in [0.2, 0.25) is 0 Å². The first-order valence-electron chi connectivity index (χ1n) is 5.77. The van der Waals surface area contributed by atoms with Crippen molar-refractivity contribution in [3.8, 4) is 0 Å². The van der Waals surface area contributed by atoms with Crippen molar-refractivity contribution in [1.82, 2.24) is 4.98 Å². The van der Waals surface area contributed by atoms with E-state index in [9.17, 15) is 9.18 Å². The molecular formula is C14H14FN3O. The number of nitrogens with zero attached hydrogens (tertiary/aromatic N) is 1. The second-order valence-electron chi connectivity index (χ2n) is 4.33. The Morgan fingerprint density at radius 2 is 2.05 bits per heavy atom. The van der Waals surface area contributed by atoms with E-state index < -0.39 is 5.91 Å². The summed E-state index contributed by atoms with van der Waals surface area (Å²) in [7, 11) is 0. The summed E-state index contributed by atoms with van der Waals surface area (Å²) in [6.45, 7) is 3.44. The highest BCUT2D eigenvalue weighted by Crippen LogP contribution is 2.17. The number of nitrogens with one attached hydrogen (secondary N) is 1. The number of carbonyl (C=O) groups is 1. The summed E-state index contributed by atoms with van der Waals surface area (Å²) in [5, 5.41) is 2.59. The first-order chi connectivity index (χ1) is 8.97. The Morgan fingerprint density at radius 3 is 2.68 bits per heavy atom. The van der Waals surface area contributed by atoms with Crippen LogP contribution in [0.5, 0.6) is 0 Å². The summed E-state index contributed by atoms with van der Waals surface area (Å²) >= 11 is 0. The predicted molar refractivity (Wildman–Crippen MR) is 72.5 cm³/mol. The van der Waals surface area contributed by atoms with Crippen molar-refractivity contribution >= 4 is 17.3 Å². The van der Waals surface area contributed by atoms with E-state index in [0.29, 0.717) is 16.9 Å². The van der Waals surface area contributed by atoms with Crippen LogP contribution < -0.4 is 11.1 Å². The Hall–Kier alpha value is -2.43. The van der Waals surface area contributed by atoms with Gasteiger partial charge in [-0.3, -0.25) is 9.78 Å². The Kier molecular flexibility index (Phi) is 3.46. The Morgan fingerprint density at radius 1 is 1.32 bits per heavy atom. The largest absolute Gasteiger partial charge is 0.398 e. The molecule has 0 saturated carbocycles. The van der Waals surface area contributed by atoms with Crippen LogP contribution in [-0.4, -0.2) is 10.9 Å². The summed E-state index contributed by atoms with van der Waals surface area (Å²) in [4.78, 5) is 16.0. The van der Waals surface area contributed by atoms with Gasteiger partial charge in [0.05, 0.1) is 5.56 Å². The Bertz CT molecular complexity index is 641. The van der Waals surface area contributed by atoms with Crippen LogP contribution in [0.15, 0.2) is 30.5 Å². The van der Waals surface area contributed by atoms with Gasteiger partial charge in [0, 0.05) is 23.3 Å². The molecular weight excluding hydrogens is 245 g/mol. The van der Waals surface area contributed by atoms with E-state index in [1.165, 1.54) is 12.3 Å². The zero-order valence-electron chi connectivity index (χ0n) is 10.7. The number of carbonyl (C=O) groups excluding carboxylic acids is 1. The number of anilines is 2.